The Morgan fingerprint density at radius 2 is 2.42 bits per heavy atom. The monoisotopic (exact) mass is 265 g/mol. The van der Waals surface area contributed by atoms with Crippen LogP contribution in [-0.2, 0) is 4.74 Å². The molecule has 1 unspecified atom stereocenters. The van der Waals surface area contributed by atoms with Gasteiger partial charge in [0.25, 0.3) is 0 Å². The summed E-state index contributed by atoms with van der Waals surface area (Å²) in [7, 11) is 1.84. The predicted octanol–water partition coefficient (Wildman–Crippen LogP) is 1.37. The van der Waals surface area contributed by atoms with Crippen molar-refractivity contribution in [2.75, 3.05) is 30.8 Å². The predicted molar refractivity (Wildman–Crippen MR) is 72.5 cm³/mol. The lowest BCUT2D eigenvalue weighted by atomic mass is 10.1. The van der Waals surface area contributed by atoms with Crippen molar-refractivity contribution in [1.82, 2.24) is 4.98 Å². The molecule has 1 atom stereocenters. The Hall–Kier alpha value is -1.82. The van der Waals surface area contributed by atoms with Gasteiger partial charge in [-0.2, -0.15) is 0 Å². The number of hydrogen-bond acceptors (Lipinski definition) is 5. The first-order chi connectivity index (χ1) is 9.08. The molecule has 2 rings (SSSR count). The quantitative estimate of drug-likeness (QED) is 0.854. The molecule has 0 amide bonds. The molecular weight excluding hydrogens is 246 g/mol. The fraction of sp³-hybridized carbons (Fsp3) is 0.538. The van der Waals surface area contributed by atoms with Gasteiger partial charge in [0.2, 0.25) is 0 Å². The lowest BCUT2D eigenvalue weighted by molar-refractivity contribution is 0.0215. The lowest BCUT2D eigenvalue weighted by Crippen LogP contribution is -2.34. The molecule has 19 heavy (non-hydrogen) atoms. The number of nitrogens with zero attached hydrogens (tertiary/aromatic N) is 2. The second-order valence-electron chi connectivity index (χ2n) is 4.80. The van der Waals surface area contributed by atoms with Crippen molar-refractivity contribution in [2.45, 2.75) is 25.4 Å². The van der Waals surface area contributed by atoms with Crippen LogP contribution in [0.4, 0.5) is 11.5 Å². The van der Waals surface area contributed by atoms with Gasteiger partial charge in [-0.3, -0.25) is 0 Å². The molecule has 1 saturated heterocycles. The van der Waals surface area contributed by atoms with E-state index in [1.54, 1.807) is 0 Å². The van der Waals surface area contributed by atoms with Crippen LogP contribution < -0.4 is 10.6 Å². The number of likely N-dealkylation sites (N-methyl/N-ethyl adjacent to an activating group) is 1. The largest absolute Gasteiger partial charge is 0.478 e. The third kappa shape index (κ3) is 3.35. The molecule has 1 aliphatic rings. The molecule has 0 bridgehead atoms. The Morgan fingerprint density at radius 1 is 1.63 bits per heavy atom. The number of nitrogens with two attached hydrogens (primary N) is 1. The van der Waals surface area contributed by atoms with Gasteiger partial charge in [-0.05, 0) is 25.3 Å². The highest BCUT2D eigenvalue weighted by atomic mass is 16.5. The minimum Gasteiger partial charge on any atom is -0.478 e. The van der Waals surface area contributed by atoms with Crippen LogP contribution >= 0.6 is 0 Å². The molecule has 3 N–H and O–H groups in total. The average molecular weight is 265 g/mol. The molecule has 1 fully saturated rings. The molecule has 1 aromatic heterocycles. The Balaban J connectivity index is 2.13. The number of aromatic carboxylic acids is 1. The number of rotatable bonds is 4. The minimum absolute atomic E-state index is 0.151. The molecule has 1 aliphatic heterocycles. The van der Waals surface area contributed by atoms with Crippen molar-refractivity contribution >= 4 is 17.5 Å². The van der Waals surface area contributed by atoms with Gasteiger partial charge in [0.1, 0.15) is 5.82 Å². The van der Waals surface area contributed by atoms with E-state index in [0.29, 0.717) is 12.2 Å². The molecule has 2 heterocycles. The van der Waals surface area contributed by atoms with E-state index in [-0.39, 0.29) is 17.5 Å². The molecule has 0 saturated carbocycles. The summed E-state index contributed by atoms with van der Waals surface area (Å²) in [5.74, 6) is -0.788. The standard InChI is InChI=1S/C13H19N3O3/c1-16(8-9-4-2-3-5-19-9)11-7-15-12(14)6-10(11)13(17)18/h6-7,9H,2-5,8H2,1H3,(H2,14,15)(H,17,18). The minimum atomic E-state index is -1.000. The summed E-state index contributed by atoms with van der Waals surface area (Å²) < 4.78 is 5.66. The number of aromatic nitrogens is 1. The number of nitrogen functional groups attached to an aromatic ring is 1. The maximum Gasteiger partial charge on any atom is 0.338 e. The molecule has 104 valence electrons. The summed E-state index contributed by atoms with van der Waals surface area (Å²) in [6, 6.07) is 1.38. The highest BCUT2D eigenvalue weighted by molar-refractivity contribution is 5.95. The van der Waals surface area contributed by atoms with Crippen molar-refractivity contribution < 1.29 is 14.6 Å². The number of carboxylic acids is 1. The zero-order valence-electron chi connectivity index (χ0n) is 11.0. The first-order valence-corrected chi connectivity index (χ1v) is 6.39. The maximum absolute atomic E-state index is 11.2. The van der Waals surface area contributed by atoms with Gasteiger partial charge in [-0.15, -0.1) is 0 Å². The van der Waals surface area contributed by atoms with E-state index in [0.717, 1.165) is 25.9 Å². The van der Waals surface area contributed by atoms with Crippen LogP contribution in [0.25, 0.3) is 0 Å². The van der Waals surface area contributed by atoms with E-state index in [1.807, 2.05) is 11.9 Å². The third-order valence-corrected chi connectivity index (χ3v) is 3.30. The van der Waals surface area contributed by atoms with Gasteiger partial charge < -0.3 is 20.5 Å². The van der Waals surface area contributed by atoms with Gasteiger partial charge in [0, 0.05) is 20.2 Å². The summed E-state index contributed by atoms with van der Waals surface area (Å²) in [6.45, 7) is 1.44. The van der Waals surface area contributed by atoms with Crippen molar-refractivity contribution in [3.05, 3.63) is 17.8 Å². The van der Waals surface area contributed by atoms with Crippen LogP contribution in [0.5, 0.6) is 0 Å². The maximum atomic E-state index is 11.2. The fourth-order valence-corrected chi connectivity index (χ4v) is 2.29. The summed E-state index contributed by atoms with van der Waals surface area (Å²) in [5.41, 5.74) is 6.27. The molecular formula is C13H19N3O3. The highest BCUT2D eigenvalue weighted by Crippen LogP contribution is 2.22. The summed E-state index contributed by atoms with van der Waals surface area (Å²) in [5, 5.41) is 9.20. The fourth-order valence-electron chi connectivity index (χ4n) is 2.29. The Morgan fingerprint density at radius 3 is 3.05 bits per heavy atom. The van der Waals surface area contributed by atoms with Crippen LogP contribution in [-0.4, -0.2) is 42.4 Å². The number of carbonyl (C=O) groups is 1. The first-order valence-electron chi connectivity index (χ1n) is 6.39. The normalized spacial score (nSPS) is 19.1. The van der Waals surface area contributed by atoms with Crippen LogP contribution in [0, 0.1) is 0 Å². The van der Waals surface area contributed by atoms with Crippen LogP contribution in [0.3, 0.4) is 0 Å². The summed E-state index contributed by atoms with van der Waals surface area (Å²) in [4.78, 5) is 17.1. The number of anilines is 2. The Labute approximate surface area is 112 Å². The van der Waals surface area contributed by atoms with E-state index < -0.39 is 5.97 Å². The van der Waals surface area contributed by atoms with E-state index in [2.05, 4.69) is 4.98 Å². The van der Waals surface area contributed by atoms with Gasteiger partial charge in [-0.25, -0.2) is 9.78 Å². The smallest absolute Gasteiger partial charge is 0.338 e. The molecule has 0 aliphatic carbocycles. The van der Waals surface area contributed by atoms with E-state index in [1.165, 1.54) is 12.3 Å². The molecule has 6 heteroatoms. The second-order valence-corrected chi connectivity index (χ2v) is 4.80. The summed E-state index contributed by atoms with van der Waals surface area (Å²) >= 11 is 0. The Kier molecular flexibility index (Phi) is 4.21. The molecule has 1 aromatic rings. The van der Waals surface area contributed by atoms with E-state index in [4.69, 9.17) is 10.5 Å². The zero-order chi connectivity index (χ0) is 13.8. The van der Waals surface area contributed by atoms with Gasteiger partial charge in [0.05, 0.1) is 23.6 Å². The molecule has 0 aromatic carbocycles. The molecule has 0 radical (unpaired) electrons. The molecule has 6 nitrogen and oxygen atoms in total. The van der Waals surface area contributed by atoms with Crippen molar-refractivity contribution in [2.24, 2.45) is 0 Å². The van der Waals surface area contributed by atoms with Crippen molar-refractivity contribution in [3.63, 3.8) is 0 Å². The molecule has 0 spiro atoms. The van der Waals surface area contributed by atoms with Gasteiger partial charge in [0.15, 0.2) is 0 Å². The average Bonchev–Trinajstić information content (AvgIpc) is 2.39. The van der Waals surface area contributed by atoms with Crippen molar-refractivity contribution in [3.8, 4) is 0 Å². The van der Waals surface area contributed by atoms with E-state index >= 15 is 0 Å². The van der Waals surface area contributed by atoms with Gasteiger partial charge >= 0.3 is 5.97 Å². The topological polar surface area (TPSA) is 88.7 Å². The summed E-state index contributed by atoms with van der Waals surface area (Å²) in [6.07, 6.45) is 4.92. The highest BCUT2D eigenvalue weighted by Gasteiger charge is 2.20. The Bertz CT molecular complexity index is 458. The second kappa shape index (κ2) is 5.88. The van der Waals surface area contributed by atoms with E-state index in [9.17, 15) is 9.90 Å². The number of hydrogen-bond donors (Lipinski definition) is 2. The number of ether oxygens (including phenoxy) is 1. The number of carboxylic acid groups (broad SMARTS) is 1. The van der Waals surface area contributed by atoms with Crippen LogP contribution in [0.1, 0.15) is 29.6 Å². The zero-order valence-corrected chi connectivity index (χ0v) is 11.0. The number of pyridine rings is 1. The lowest BCUT2D eigenvalue weighted by Gasteiger charge is -2.29. The first kappa shape index (κ1) is 13.6. The third-order valence-electron chi connectivity index (χ3n) is 3.30. The van der Waals surface area contributed by atoms with Gasteiger partial charge in [-0.1, -0.05) is 0 Å². The van der Waals surface area contributed by atoms with Crippen LogP contribution in [0.2, 0.25) is 0 Å². The van der Waals surface area contributed by atoms with Crippen LogP contribution in [0.15, 0.2) is 12.3 Å². The van der Waals surface area contributed by atoms with Crippen molar-refractivity contribution in [1.29, 1.82) is 0 Å². The SMILES string of the molecule is CN(CC1CCCCO1)c1cnc(N)cc1C(=O)O.